The maximum Gasteiger partial charge on any atom is 0.184 e. The summed E-state index contributed by atoms with van der Waals surface area (Å²) in [7, 11) is 0. The number of rotatable bonds is 3. The summed E-state index contributed by atoms with van der Waals surface area (Å²) in [6.45, 7) is 7.07. The van der Waals surface area contributed by atoms with Gasteiger partial charge in [-0.3, -0.25) is 4.57 Å². The van der Waals surface area contributed by atoms with Gasteiger partial charge in [0.1, 0.15) is 5.52 Å². The summed E-state index contributed by atoms with van der Waals surface area (Å²) in [5.74, 6) is 0. The minimum Gasteiger partial charge on any atom is -0.327 e. The minimum atomic E-state index is 0.715. The SMILES string of the molecule is CCc1ccc(-n2c(=S)[nH]c3c(C)nn(CC)c32)cc1. The number of aromatic amines is 1. The molecule has 0 unspecified atom stereocenters. The minimum absolute atomic E-state index is 0.715. The fourth-order valence-electron chi connectivity index (χ4n) is 2.54. The lowest BCUT2D eigenvalue weighted by Gasteiger charge is -2.07. The van der Waals surface area contributed by atoms with Crippen molar-refractivity contribution in [3.05, 3.63) is 40.3 Å². The molecule has 0 aliphatic carbocycles. The number of nitrogens with zero attached hydrogens (tertiary/aromatic N) is 3. The third kappa shape index (κ3) is 1.89. The van der Waals surface area contributed by atoms with Crippen LogP contribution in [-0.4, -0.2) is 19.3 Å². The molecule has 2 heterocycles. The molecule has 3 rings (SSSR count). The van der Waals surface area contributed by atoms with E-state index in [2.05, 4.69) is 52.8 Å². The van der Waals surface area contributed by atoms with Gasteiger partial charge in [0.15, 0.2) is 10.4 Å². The summed E-state index contributed by atoms with van der Waals surface area (Å²) in [5, 5.41) is 4.55. The lowest BCUT2D eigenvalue weighted by molar-refractivity contribution is 0.662. The Labute approximate surface area is 123 Å². The molecule has 0 spiro atoms. The zero-order valence-corrected chi connectivity index (χ0v) is 12.8. The van der Waals surface area contributed by atoms with Gasteiger partial charge in [0.25, 0.3) is 0 Å². The molecule has 0 saturated heterocycles. The first-order valence-corrected chi connectivity index (χ1v) is 7.34. The Morgan fingerprint density at radius 2 is 1.90 bits per heavy atom. The van der Waals surface area contributed by atoms with E-state index in [9.17, 15) is 0 Å². The van der Waals surface area contributed by atoms with Gasteiger partial charge in [-0.25, -0.2) is 4.68 Å². The number of fused-ring (bicyclic) bond motifs is 1. The fraction of sp³-hybridized carbons (Fsp3) is 0.333. The molecule has 1 aromatic carbocycles. The van der Waals surface area contributed by atoms with Crippen molar-refractivity contribution in [2.75, 3.05) is 0 Å². The molecule has 0 aliphatic rings. The molecule has 3 aromatic rings. The predicted octanol–water partition coefficient (Wildman–Crippen LogP) is 3.78. The maximum atomic E-state index is 5.48. The highest BCUT2D eigenvalue weighted by molar-refractivity contribution is 7.71. The lowest BCUT2D eigenvalue weighted by atomic mass is 10.1. The molecule has 0 aliphatic heterocycles. The average molecular weight is 286 g/mol. The van der Waals surface area contributed by atoms with E-state index >= 15 is 0 Å². The Balaban J connectivity index is 2.28. The van der Waals surface area contributed by atoms with Crippen LogP contribution in [0.3, 0.4) is 0 Å². The number of hydrogen-bond donors (Lipinski definition) is 1. The van der Waals surface area contributed by atoms with E-state index in [4.69, 9.17) is 12.2 Å². The highest BCUT2D eigenvalue weighted by Gasteiger charge is 2.14. The van der Waals surface area contributed by atoms with Gasteiger partial charge in [0.2, 0.25) is 0 Å². The van der Waals surface area contributed by atoms with E-state index in [-0.39, 0.29) is 0 Å². The quantitative estimate of drug-likeness (QED) is 0.744. The van der Waals surface area contributed by atoms with Crippen LogP contribution in [0.5, 0.6) is 0 Å². The van der Waals surface area contributed by atoms with Gasteiger partial charge in [0, 0.05) is 12.2 Å². The number of nitrogens with one attached hydrogen (secondary N) is 1. The average Bonchev–Trinajstić information content (AvgIpc) is 2.96. The molecule has 0 atom stereocenters. The molecule has 5 heteroatoms. The third-order valence-corrected chi connectivity index (χ3v) is 3.93. The highest BCUT2D eigenvalue weighted by Crippen LogP contribution is 2.22. The zero-order chi connectivity index (χ0) is 14.3. The standard InChI is InChI=1S/C15H18N4S/c1-4-11-6-8-12(9-7-11)19-14-13(16-15(19)20)10(3)17-18(14)5-2/h6-9H,4-5H2,1-3H3,(H,16,20). The van der Waals surface area contributed by atoms with Crippen LogP contribution in [0.15, 0.2) is 24.3 Å². The van der Waals surface area contributed by atoms with Gasteiger partial charge < -0.3 is 4.98 Å². The van der Waals surface area contributed by atoms with Crippen LogP contribution >= 0.6 is 12.2 Å². The van der Waals surface area contributed by atoms with Crippen molar-refractivity contribution in [2.45, 2.75) is 33.7 Å². The number of imidazole rings is 1. The first kappa shape index (κ1) is 13.1. The van der Waals surface area contributed by atoms with E-state index < -0.39 is 0 Å². The second kappa shape index (κ2) is 4.90. The van der Waals surface area contributed by atoms with Gasteiger partial charge >= 0.3 is 0 Å². The first-order valence-electron chi connectivity index (χ1n) is 6.93. The smallest absolute Gasteiger partial charge is 0.184 e. The molecular weight excluding hydrogens is 268 g/mol. The Hall–Kier alpha value is -1.88. The second-order valence-electron chi connectivity index (χ2n) is 4.89. The highest BCUT2D eigenvalue weighted by atomic mass is 32.1. The zero-order valence-electron chi connectivity index (χ0n) is 12.0. The van der Waals surface area contributed by atoms with Crippen molar-refractivity contribution in [1.82, 2.24) is 19.3 Å². The van der Waals surface area contributed by atoms with Crippen molar-refractivity contribution in [2.24, 2.45) is 0 Å². The van der Waals surface area contributed by atoms with E-state index in [1.54, 1.807) is 0 Å². The molecule has 0 radical (unpaired) electrons. The summed E-state index contributed by atoms with van der Waals surface area (Å²) in [4.78, 5) is 3.27. The largest absolute Gasteiger partial charge is 0.327 e. The van der Waals surface area contributed by atoms with E-state index in [1.165, 1.54) is 5.56 Å². The summed E-state index contributed by atoms with van der Waals surface area (Å²) in [6.07, 6.45) is 1.04. The Morgan fingerprint density at radius 1 is 1.20 bits per heavy atom. The first-order chi connectivity index (χ1) is 9.65. The van der Waals surface area contributed by atoms with E-state index in [1.807, 2.05) is 11.6 Å². The molecule has 0 saturated carbocycles. The maximum absolute atomic E-state index is 5.48. The number of benzene rings is 1. The van der Waals surface area contributed by atoms with Gasteiger partial charge in [-0.1, -0.05) is 19.1 Å². The molecule has 0 fully saturated rings. The number of aromatic nitrogens is 4. The predicted molar refractivity (Wildman–Crippen MR) is 84.0 cm³/mol. The monoisotopic (exact) mass is 286 g/mol. The number of hydrogen-bond acceptors (Lipinski definition) is 2. The molecule has 1 N–H and O–H groups in total. The summed E-state index contributed by atoms with van der Waals surface area (Å²) in [5.41, 5.74) is 5.45. The van der Waals surface area contributed by atoms with E-state index in [0.717, 1.165) is 35.5 Å². The third-order valence-electron chi connectivity index (χ3n) is 3.65. The van der Waals surface area contributed by atoms with Gasteiger partial charge in [-0.05, 0) is 50.2 Å². The Morgan fingerprint density at radius 3 is 2.50 bits per heavy atom. The second-order valence-corrected chi connectivity index (χ2v) is 5.27. The summed E-state index contributed by atoms with van der Waals surface area (Å²) >= 11 is 5.48. The van der Waals surface area contributed by atoms with Gasteiger partial charge in [0.05, 0.1) is 5.69 Å². The van der Waals surface area contributed by atoms with Crippen molar-refractivity contribution in [1.29, 1.82) is 0 Å². The molecule has 20 heavy (non-hydrogen) atoms. The number of H-pyrrole nitrogens is 1. The molecule has 2 aromatic heterocycles. The van der Waals surface area contributed by atoms with Crippen LogP contribution in [0.2, 0.25) is 0 Å². The molecule has 104 valence electrons. The molecule has 0 amide bonds. The topological polar surface area (TPSA) is 38.5 Å². The Kier molecular flexibility index (Phi) is 3.22. The van der Waals surface area contributed by atoms with Crippen LogP contribution < -0.4 is 0 Å². The van der Waals surface area contributed by atoms with Crippen LogP contribution in [0.25, 0.3) is 16.9 Å². The lowest BCUT2D eigenvalue weighted by Crippen LogP contribution is -2.03. The van der Waals surface area contributed by atoms with Crippen LogP contribution in [0.4, 0.5) is 0 Å². The van der Waals surface area contributed by atoms with Crippen molar-refractivity contribution in [3.63, 3.8) is 0 Å². The van der Waals surface area contributed by atoms with Crippen molar-refractivity contribution in [3.8, 4) is 5.69 Å². The fourth-order valence-corrected chi connectivity index (χ4v) is 2.84. The Bertz CT molecular complexity index is 805. The van der Waals surface area contributed by atoms with Crippen LogP contribution in [0, 0.1) is 11.7 Å². The molecule has 4 nitrogen and oxygen atoms in total. The van der Waals surface area contributed by atoms with E-state index in [0.29, 0.717) is 4.77 Å². The summed E-state index contributed by atoms with van der Waals surface area (Å²) < 4.78 is 4.77. The van der Waals surface area contributed by atoms with Crippen molar-refractivity contribution >= 4 is 23.4 Å². The molecule has 0 bridgehead atoms. The molecular formula is C15H18N4S. The van der Waals surface area contributed by atoms with Crippen LogP contribution in [-0.2, 0) is 13.0 Å². The van der Waals surface area contributed by atoms with Crippen molar-refractivity contribution < 1.29 is 0 Å². The summed E-state index contributed by atoms with van der Waals surface area (Å²) in [6, 6.07) is 8.53. The number of aryl methyl sites for hydroxylation is 3. The van der Waals surface area contributed by atoms with Crippen LogP contribution in [0.1, 0.15) is 25.1 Å². The van der Waals surface area contributed by atoms with Gasteiger partial charge in [-0.15, -0.1) is 0 Å². The normalized spacial score (nSPS) is 11.3. The van der Waals surface area contributed by atoms with Gasteiger partial charge in [-0.2, -0.15) is 5.10 Å².